The molecule has 0 saturated heterocycles. The van der Waals surface area contributed by atoms with Crippen LogP contribution >= 0.6 is 0 Å². The Morgan fingerprint density at radius 3 is 2.71 bits per heavy atom. The summed E-state index contributed by atoms with van der Waals surface area (Å²) in [5.74, 6) is 2.46. The van der Waals surface area contributed by atoms with Crippen molar-refractivity contribution in [1.82, 2.24) is 19.7 Å². The number of amides is 1. The fraction of sp³-hybridized carbons (Fsp3) is 0.455. The zero-order chi connectivity index (χ0) is 22.3. The summed E-state index contributed by atoms with van der Waals surface area (Å²) in [6, 6.07) is 1.78. The molecule has 0 saturated carbocycles. The van der Waals surface area contributed by atoms with Crippen molar-refractivity contribution in [1.29, 1.82) is 0 Å². The highest BCUT2D eigenvalue weighted by Crippen LogP contribution is 2.36. The lowest BCUT2D eigenvalue weighted by Crippen LogP contribution is -2.49. The molecule has 3 aromatic heterocycles. The summed E-state index contributed by atoms with van der Waals surface area (Å²) in [7, 11) is 1.96. The van der Waals surface area contributed by atoms with Gasteiger partial charge in [-0.3, -0.25) is 9.48 Å². The van der Waals surface area contributed by atoms with Crippen LogP contribution < -0.4 is 15.5 Å². The van der Waals surface area contributed by atoms with Gasteiger partial charge in [0.15, 0.2) is 5.89 Å². The molecule has 1 aliphatic heterocycles. The third kappa shape index (κ3) is 4.12. The number of carbonyl (C=O) groups excluding carboxylic acids is 1. The molecule has 0 spiro atoms. The normalized spacial score (nSPS) is 15.9. The van der Waals surface area contributed by atoms with Gasteiger partial charge >= 0.3 is 0 Å². The number of hydrogen-bond donors (Lipinski definition) is 2. The van der Waals surface area contributed by atoms with E-state index in [2.05, 4.69) is 39.5 Å². The van der Waals surface area contributed by atoms with E-state index in [0.717, 1.165) is 39.9 Å². The van der Waals surface area contributed by atoms with E-state index in [0.29, 0.717) is 19.0 Å². The molecule has 0 fully saturated rings. The third-order valence-corrected chi connectivity index (χ3v) is 5.60. The molecule has 9 heteroatoms. The van der Waals surface area contributed by atoms with Crippen LogP contribution in [0.2, 0.25) is 0 Å². The topological polar surface area (TPSA) is 101 Å². The van der Waals surface area contributed by atoms with Gasteiger partial charge in [-0.25, -0.2) is 9.97 Å². The Morgan fingerprint density at radius 1 is 1.26 bits per heavy atom. The van der Waals surface area contributed by atoms with Crippen LogP contribution in [0.4, 0.5) is 17.2 Å². The number of hydrogen-bond acceptors (Lipinski definition) is 7. The first kappa shape index (κ1) is 20.9. The van der Waals surface area contributed by atoms with Crippen molar-refractivity contribution in [3.63, 3.8) is 0 Å². The Kier molecular flexibility index (Phi) is 5.43. The summed E-state index contributed by atoms with van der Waals surface area (Å²) in [6.07, 6.45) is 3.82. The van der Waals surface area contributed by atoms with Crippen LogP contribution in [0.5, 0.6) is 0 Å². The number of rotatable bonds is 6. The van der Waals surface area contributed by atoms with Crippen molar-refractivity contribution in [2.24, 2.45) is 5.92 Å². The van der Waals surface area contributed by atoms with Crippen molar-refractivity contribution in [3.05, 3.63) is 47.1 Å². The average molecular weight is 424 g/mol. The Labute approximate surface area is 181 Å². The fourth-order valence-electron chi connectivity index (χ4n) is 4.10. The quantitative estimate of drug-likeness (QED) is 0.627. The second-order valence-electron chi connectivity index (χ2n) is 8.41. The Bertz CT molecular complexity index is 1120. The second-order valence-corrected chi connectivity index (χ2v) is 8.41. The molecule has 1 amide bonds. The van der Waals surface area contributed by atoms with Crippen molar-refractivity contribution < 1.29 is 9.21 Å². The summed E-state index contributed by atoms with van der Waals surface area (Å²) in [4.78, 5) is 23.6. The number of aryl methyl sites for hydroxylation is 3. The van der Waals surface area contributed by atoms with Gasteiger partial charge in [-0.1, -0.05) is 13.8 Å². The van der Waals surface area contributed by atoms with E-state index in [4.69, 9.17) is 4.42 Å². The molecular formula is C22H29N7O2. The summed E-state index contributed by atoms with van der Waals surface area (Å²) < 4.78 is 7.34. The van der Waals surface area contributed by atoms with Gasteiger partial charge in [0.25, 0.3) is 0 Å². The van der Waals surface area contributed by atoms with Gasteiger partial charge in [-0.05, 0) is 19.8 Å². The Morgan fingerprint density at radius 2 is 2.03 bits per heavy atom. The summed E-state index contributed by atoms with van der Waals surface area (Å²) in [5, 5.41) is 10.8. The number of likely N-dealkylation sites (N-methyl/N-ethyl adjacent to an activating group) is 1. The summed E-state index contributed by atoms with van der Waals surface area (Å²) in [6.45, 7) is 10.9. The minimum Gasteiger partial charge on any atom is -0.446 e. The van der Waals surface area contributed by atoms with E-state index >= 15 is 0 Å². The van der Waals surface area contributed by atoms with Gasteiger partial charge in [0, 0.05) is 38.3 Å². The van der Waals surface area contributed by atoms with Gasteiger partial charge in [-0.15, -0.1) is 0 Å². The molecule has 9 nitrogen and oxygen atoms in total. The van der Waals surface area contributed by atoms with E-state index in [1.807, 2.05) is 55.9 Å². The first-order chi connectivity index (χ1) is 14.7. The molecule has 0 radical (unpaired) electrons. The van der Waals surface area contributed by atoms with E-state index in [1.54, 1.807) is 0 Å². The van der Waals surface area contributed by atoms with Crippen LogP contribution in [0, 0.1) is 26.7 Å². The minimum atomic E-state index is -0.205. The van der Waals surface area contributed by atoms with E-state index in [9.17, 15) is 4.79 Å². The highest BCUT2D eigenvalue weighted by atomic mass is 16.4. The van der Waals surface area contributed by atoms with Gasteiger partial charge < -0.3 is 20.0 Å². The Hall–Kier alpha value is -3.36. The summed E-state index contributed by atoms with van der Waals surface area (Å²) in [5.41, 5.74) is 4.46. The predicted octanol–water partition coefficient (Wildman–Crippen LogP) is 3.26. The van der Waals surface area contributed by atoms with Crippen LogP contribution in [0.15, 0.2) is 22.9 Å². The monoisotopic (exact) mass is 423 g/mol. The van der Waals surface area contributed by atoms with Crippen molar-refractivity contribution in [2.75, 3.05) is 22.6 Å². The molecule has 1 atom stereocenters. The highest BCUT2D eigenvalue weighted by molar-refractivity contribution is 6.04. The predicted molar refractivity (Wildman–Crippen MR) is 119 cm³/mol. The van der Waals surface area contributed by atoms with Gasteiger partial charge in [0.05, 0.1) is 29.8 Å². The second kappa shape index (κ2) is 8.05. The molecule has 0 bridgehead atoms. The maximum atomic E-state index is 12.5. The smallest absolute Gasteiger partial charge is 0.247 e. The van der Waals surface area contributed by atoms with Crippen LogP contribution in [0.25, 0.3) is 0 Å². The third-order valence-electron chi connectivity index (χ3n) is 5.60. The molecular weight excluding hydrogens is 394 g/mol. The van der Waals surface area contributed by atoms with Crippen molar-refractivity contribution in [2.45, 2.75) is 53.8 Å². The standard InChI is InChI=1S/C22H29N7O2/c1-12(2)21-22(30)27-20-13(3)25-19(7-18(20)28(21)6)23-8-16-9-24-29(10-16)11-17-14(4)31-15(5)26-17/h7,9-10,12,21H,8,11H2,1-6H3,(H,23,25)(H,27,30)/t21-/m0/s1. The Balaban J connectivity index is 1.48. The van der Waals surface area contributed by atoms with Gasteiger partial charge in [-0.2, -0.15) is 5.10 Å². The SMILES string of the molecule is Cc1nc(Cn2cc(CNc3cc4c(c(C)n3)NC(=O)[C@H](C(C)C)N4C)cn2)c(C)o1. The maximum Gasteiger partial charge on any atom is 0.247 e. The number of pyridine rings is 1. The maximum absolute atomic E-state index is 12.5. The number of nitrogens with one attached hydrogen (secondary N) is 2. The lowest BCUT2D eigenvalue weighted by molar-refractivity contribution is -0.118. The molecule has 0 aliphatic carbocycles. The first-order valence-corrected chi connectivity index (χ1v) is 10.5. The molecule has 0 unspecified atom stereocenters. The number of oxazole rings is 1. The minimum absolute atomic E-state index is 0.0144. The lowest BCUT2D eigenvalue weighted by Gasteiger charge is -2.38. The first-order valence-electron chi connectivity index (χ1n) is 10.5. The number of fused-ring (bicyclic) bond motifs is 1. The number of carbonyl (C=O) groups is 1. The van der Waals surface area contributed by atoms with Crippen molar-refractivity contribution in [3.8, 4) is 0 Å². The van der Waals surface area contributed by atoms with Crippen LogP contribution in [0.3, 0.4) is 0 Å². The zero-order valence-electron chi connectivity index (χ0n) is 18.9. The highest BCUT2D eigenvalue weighted by Gasteiger charge is 2.34. The van der Waals surface area contributed by atoms with Gasteiger partial charge in [0.2, 0.25) is 5.91 Å². The molecule has 0 aromatic carbocycles. The lowest BCUT2D eigenvalue weighted by atomic mass is 9.98. The number of nitrogens with zero attached hydrogens (tertiary/aromatic N) is 5. The molecule has 4 rings (SSSR count). The molecule has 1 aliphatic rings. The molecule has 3 aromatic rings. The zero-order valence-corrected chi connectivity index (χ0v) is 18.9. The summed E-state index contributed by atoms with van der Waals surface area (Å²) >= 11 is 0. The van der Waals surface area contributed by atoms with E-state index in [-0.39, 0.29) is 17.9 Å². The number of aromatic nitrogens is 4. The van der Waals surface area contributed by atoms with E-state index < -0.39 is 0 Å². The van der Waals surface area contributed by atoms with Crippen LogP contribution in [-0.2, 0) is 17.9 Å². The van der Waals surface area contributed by atoms with Gasteiger partial charge in [0.1, 0.15) is 23.3 Å². The largest absolute Gasteiger partial charge is 0.446 e. The molecule has 31 heavy (non-hydrogen) atoms. The molecule has 4 heterocycles. The molecule has 164 valence electrons. The van der Waals surface area contributed by atoms with Crippen LogP contribution in [0.1, 0.15) is 42.4 Å². The van der Waals surface area contributed by atoms with Crippen LogP contribution in [-0.4, -0.2) is 38.7 Å². The van der Waals surface area contributed by atoms with E-state index in [1.165, 1.54) is 0 Å². The van der Waals surface area contributed by atoms with Crippen molar-refractivity contribution >= 4 is 23.1 Å². The fourth-order valence-corrected chi connectivity index (χ4v) is 4.10. The average Bonchev–Trinajstić information content (AvgIpc) is 3.26. The molecule has 2 N–H and O–H groups in total. The number of anilines is 3.